The number of nitrogens with zero attached hydrogens (tertiary/aromatic N) is 5. The number of methoxy groups -OCH3 is 1. The Kier molecular flexibility index (Phi) is 10.5. The van der Waals surface area contributed by atoms with Gasteiger partial charge in [0.05, 0.1) is 29.4 Å². The summed E-state index contributed by atoms with van der Waals surface area (Å²) in [4.78, 5) is 35.9. The van der Waals surface area contributed by atoms with Crippen molar-refractivity contribution in [2.24, 2.45) is 7.05 Å². The van der Waals surface area contributed by atoms with Crippen molar-refractivity contribution in [3.63, 3.8) is 0 Å². The molecule has 0 saturated heterocycles. The van der Waals surface area contributed by atoms with Crippen molar-refractivity contribution in [2.45, 2.75) is 38.7 Å². The molecule has 5 aromatic rings. The number of nitrogens with one attached hydrogen (secondary N) is 3. The van der Waals surface area contributed by atoms with Gasteiger partial charge in [0.2, 0.25) is 5.88 Å². The summed E-state index contributed by atoms with van der Waals surface area (Å²) in [6.45, 7) is 3.25. The maximum atomic E-state index is 13.8. The van der Waals surface area contributed by atoms with E-state index in [1.54, 1.807) is 20.2 Å². The molecule has 2 amide bonds. The fourth-order valence-corrected chi connectivity index (χ4v) is 7.02. The number of aryl methyl sites for hydroxylation is 2. The lowest BCUT2D eigenvalue weighted by atomic mass is 9.96. The molecule has 0 fully saturated rings. The van der Waals surface area contributed by atoms with E-state index in [1.165, 1.54) is 19.3 Å². The van der Waals surface area contributed by atoms with E-state index in [2.05, 4.69) is 44.0 Å². The molecule has 2 aromatic carbocycles. The minimum Gasteiger partial charge on any atom is -0.481 e. The van der Waals surface area contributed by atoms with Crippen LogP contribution in [0.25, 0.3) is 33.2 Å². The van der Waals surface area contributed by atoms with E-state index in [0.29, 0.717) is 28.8 Å². The van der Waals surface area contributed by atoms with Crippen molar-refractivity contribution in [2.75, 3.05) is 39.6 Å². The first kappa shape index (κ1) is 35.7. The number of aromatic nitrogens is 4. The summed E-state index contributed by atoms with van der Waals surface area (Å²) in [6.07, 6.45) is 1.10. The van der Waals surface area contributed by atoms with Crippen molar-refractivity contribution >= 4 is 39.9 Å². The van der Waals surface area contributed by atoms with E-state index >= 15 is 0 Å². The van der Waals surface area contributed by atoms with Crippen LogP contribution in [0.4, 0.5) is 25.1 Å². The molecule has 1 atom stereocenters. The summed E-state index contributed by atoms with van der Waals surface area (Å²) >= 11 is 7.17. The molecule has 0 bridgehead atoms. The number of amides is 2. The molecule has 0 radical (unpaired) electrons. The van der Waals surface area contributed by atoms with Gasteiger partial charge < -0.3 is 20.7 Å². The zero-order valence-electron chi connectivity index (χ0n) is 29.0. The first-order valence-electron chi connectivity index (χ1n) is 16.6. The Morgan fingerprint density at radius 2 is 1.88 bits per heavy atom. The van der Waals surface area contributed by atoms with Gasteiger partial charge in [0.1, 0.15) is 11.5 Å². The monoisotopic (exact) mass is 716 g/mol. The van der Waals surface area contributed by atoms with E-state index in [4.69, 9.17) is 21.3 Å². The van der Waals surface area contributed by atoms with Gasteiger partial charge in [-0.15, -0.1) is 0 Å². The SMILES string of the molecule is CNC(=O)NCCCN(C)C1CCc2cc(-c3cccc(-c4cccc(Nc5nc(C(F)F)cc6cnn(C)c(=O)c56)c4C)c3Cl)nc(OC)c21. The number of carbonyl (C=O) groups excluding carboxylic acids is 1. The number of hydrogen-bond donors (Lipinski definition) is 3. The number of hydrogen-bond acceptors (Lipinski definition) is 8. The van der Waals surface area contributed by atoms with Crippen molar-refractivity contribution in [1.82, 2.24) is 35.3 Å². The topological polar surface area (TPSA) is 126 Å². The molecule has 3 heterocycles. The van der Waals surface area contributed by atoms with E-state index < -0.39 is 17.7 Å². The fraction of sp³-hybridized carbons (Fsp3) is 0.324. The molecule has 11 nitrogen and oxygen atoms in total. The van der Waals surface area contributed by atoms with Gasteiger partial charge in [0.25, 0.3) is 12.0 Å². The van der Waals surface area contributed by atoms with E-state index in [0.717, 1.165) is 63.9 Å². The zero-order chi connectivity index (χ0) is 36.4. The normalized spacial score (nSPS) is 13.9. The number of benzene rings is 2. The lowest BCUT2D eigenvalue weighted by molar-refractivity contribution is 0.146. The average Bonchev–Trinajstić information content (AvgIpc) is 3.56. The van der Waals surface area contributed by atoms with Crippen LogP contribution in [0.2, 0.25) is 5.02 Å². The highest BCUT2D eigenvalue weighted by atomic mass is 35.5. The molecule has 14 heteroatoms. The van der Waals surface area contributed by atoms with Crippen molar-refractivity contribution in [3.8, 4) is 28.3 Å². The zero-order valence-corrected chi connectivity index (χ0v) is 29.7. The van der Waals surface area contributed by atoms with Crippen LogP contribution in [-0.4, -0.2) is 65.0 Å². The molecule has 1 aliphatic carbocycles. The quantitative estimate of drug-likeness (QED) is 0.126. The minimum absolute atomic E-state index is 0.0184. The largest absolute Gasteiger partial charge is 0.481 e. The molecule has 6 rings (SSSR count). The number of urea groups is 1. The second-order valence-corrected chi connectivity index (χ2v) is 12.9. The molecule has 51 heavy (non-hydrogen) atoms. The Hall–Kier alpha value is -5.14. The summed E-state index contributed by atoms with van der Waals surface area (Å²) in [7, 11) is 6.78. The van der Waals surface area contributed by atoms with Crippen LogP contribution < -0.4 is 26.2 Å². The second-order valence-electron chi connectivity index (χ2n) is 12.5. The van der Waals surface area contributed by atoms with Gasteiger partial charge in [-0.1, -0.05) is 41.9 Å². The predicted molar refractivity (Wildman–Crippen MR) is 195 cm³/mol. The Morgan fingerprint density at radius 1 is 1.14 bits per heavy atom. The molecule has 3 aromatic heterocycles. The molecular formula is C37H39ClF2N8O3. The standard InChI is InChI=1S/C37H39ClF2N8O3/c1-20-23(9-7-12-26(20)44-34-31-22(18-28(45-34)33(39)40)19-43-48(4)36(31)49)24-10-6-11-25(32(24)38)27-17-21-13-14-29(30(21)35(46-27)51-5)47(3)16-8-15-42-37(50)41-2/h6-7,9-12,17-19,29,33H,8,13-16H2,1-5H3,(H,44,45)(H2,41,42,50). The molecule has 266 valence electrons. The lowest BCUT2D eigenvalue weighted by Crippen LogP contribution is -2.35. The van der Waals surface area contributed by atoms with Crippen LogP contribution in [0, 0.1) is 6.92 Å². The Bertz CT molecular complexity index is 2180. The van der Waals surface area contributed by atoms with Crippen molar-refractivity contribution in [1.29, 1.82) is 0 Å². The first-order chi connectivity index (χ1) is 24.5. The molecule has 0 aliphatic heterocycles. The minimum atomic E-state index is -2.84. The van der Waals surface area contributed by atoms with Crippen LogP contribution in [0.5, 0.6) is 5.88 Å². The van der Waals surface area contributed by atoms with E-state index in [-0.39, 0.29) is 28.7 Å². The van der Waals surface area contributed by atoms with Crippen LogP contribution in [0.3, 0.4) is 0 Å². The first-order valence-corrected chi connectivity index (χ1v) is 16.9. The Balaban J connectivity index is 1.32. The summed E-state index contributed by atoms with van der Waals surface area (Å²) in [5, 5.41) is 13.4. The van der Waals surface area contributed by atoms with Crippen LogP contribution in [0.15, 0.2) is 59.5 Å². The highest BCUT2D eigenvalue weighted by Crippen LogP contribution is 2.44. The van der Waals surface area contributed by atoms with Crippen molar-refractivity contribution < 1.29 is 18.3 Å². The highest BCUT2D eigenvalue weighted by molar-refractivity contribution is 6.36. The van der Waals surface area contributed by atoms with Gasteiger partial charge in [-0.05, 0) is 68.1 Å². The number of pyridine rings is 2. The van der Waals surface area contributed by atoms with Crippen LogP contribution >= 0.6 is 11.6 Å². The summed E-state index contributed by atoms with van der Waals surface area (Å²) in [5.41, 5.74) is 5.61. The number of halogens is 3. The summed E-state index contributed by atoms with van der Waals surface area (Å²) in [6, 6.07) is 14.5. The van der Waals surface area contributed by atoms with Gasteiger partial charge in [-0.2, -0.15) is 5.10 Å². The maximum Gasteiger partial charge on any atom is 0.314 e. The van der Waals surface area contributed by atoms with Crippen LogP contribution in [-0.2, 0) is 13.5 Å². The lowest BCUT2D eigenvalue weighted by Gasteiger charge is -2.26. The van der Waals surface area contributed by atoms with E-state index in [9.17, 15) is 18.4 Å². The third-order valence-electron chi connectivity index (χ3n) is 9.38. The maximum absolute atomic E-state index is 13.8. The fourth-order valence-electron chi connectivity index (χ4n) is 6.70. The molecule has 0 spiro atoms. The second kappa shape index (κ2) is 15.0. The third kappa shape index (κ3) is 7.08. The molecule has 0 saturated carbocycles. The Morgan fingerprint density at radius 3 is 2.63 bits per heavy atom. The summed E-state index contributed by atoms with van der Waals surface area (Å²) < 4.78 is 34.6. The van der Waals surface area contributed by atoms with Gasteiger partial charge in [0, 0.05) is 61.0 Å². The number of rotatable bonds is 11. The van der Waals surface area contributed by atoms with Gasteiger partial charge in [0.15, 0.2) is 0 Å². The van der Waals surface area contributed by atoms with Crippen LogP contribution in [0.1, 0.15) is 47.7 Å². The number of fused-ring (bicyclic) bond motifs is 2. The van der Waals surface area contributed by atoms with Crippen molar-refractivity contribution in [3.05, 3.63) is 92.5 Å². The number of anilines is 2. The van der Waals surface area contributed by atoms with Gasteiger partial charge >= 0.3 is 6.03 Å². The number of carbonyl (C=O) groups is 1. The third-order valence-corrected chi connectivity index (χ3v) is 9.79. The number of ether oxygens (including phenoxy) is 1. The molecular weight excluding hydrogens is 678 g/mol. The smallest absolute Gasteiger partial charge is 0.314 e. The molecule has 3 N–H and O–H groups in total. The van der Waals surface area contributed by atoms with Gasteiger partial charge in [-0.3, -0.25) is 9.69 Å². The molecule has 1 unspecified atom stereocenters. The summed E-state index contributed by atoms with van der Waals surface area (Å²) in [5.74, 6) is 0.570. The Labute approximate surface area is 299 Å². The average molecular weight is 717 g/mol. The molecule has 1 aliphatic rings. The van der Waals surface area contributed by atoms with E-state index in [1.807, 2.05) is 37.3 Å². The highest BCUT2D eigenvalue weighted by Gasteiger charge is 2.31. The predicted octanol–water partition coefficient (Wildman–Crippen LogP) is 6.95. The van der Waals surface area contributed by atoms with Gasteiger partial charge in [-0.25, -0.2) is 28.2 Å². The number of alkyl halides is 2.